The second-order valence-corrected chi connectivity index (χ2v) is 4.10. The van der Waals surface area contributed by atoms with Crippen LogP contribution in [0, 0.1) is 0 Å². The highest BCUT2D eigenvalue weighted by Crippen LogP contribution is 2.33. The molecule has 86 valence electrons. The summed E-state index contributed by atoms with van der Waals surface area (Å²) in [5.41, 5.74) is 0.994. The Bertz CT molecular complexity index is 789. The maximum absolute atomic E-state index is 11.2. The molecule has 0 radical (unpaired) electrons. The molecule has 18 heavy (non-hydrogen) atoms. The van der Waals surface area contributed by atoms with E-state index in [-0.39, 0.29) is 5.56 Å². The van der Waals surface area contributed by atoms with Crippen LogP contribution in [0.15, 0.2) is 56.1 Å². The van der Waals surface area contributed by atoms with Crippen molar-refractivity contribution in [3.63, 3.8) is 0 Å². The fraction of sp³-hybridized carbons (Fsp3) is 0. The van der Waals surface area contributed by atoms with Crippen molar-refractivity contribution < 1.29 is 8.83 Å². The molecule has 3 aliphatic heterocycles. The highest BCUT2D eigenvalue weighted by Gasteiger charge is 2.17. The van der Waals surface area contributed by atoms with Gasteiger partial charge in [0.05, 0.1) is 6.07 Å². The highest BCUT2D eigenvalue weighted by atomic mass is 16.4. The van der Waals surface area contributed by atoms with Crippen LogP contribution in [0.3, 0.4) is 0 Å². The molecule has 0 fully saturated rings. The molecular weight excluding hydrogens is 230 g/mol. The third-order valence-corrected chi connectivity index (χ3v) is 2.89. The zero-order valence-corrected chi connectivity index (χ0v) is 9.21. The number of rotatable bonds is 0. The van der Waals surface area contributed by atoms with Gasteiger partial charge in [0, 0.05) is 11.5 Å². The van der Waals surface area contributed by atoms with Crippen LogP contribution >= 0.6 is 0 Å². The standard InChI is InChI=1S/C14H7NO3/c16-14-7-11-9(15-14)6-13-12(18-11)5-8-3-1-2-4-10(8)17-13/h1-7H. The summed E-state index contributed by atoms with van der Waals surface area (Å²) in [6.07, 6.45) is 0. The molecule has 0 aliphatic carbocycles. The fourth-order valence-electron chi connectivity index (χ4n) is 2.07. The molecule has 4 nitrogen and oxygen atoms in total. The fourth-order valence-corrected chi connectivity index (χ4v) is 2.07. The smallest absolute Gasteiger partial charge is 0.274 e. The Morgan fingerprint density at radius 3 is 2.67 bits per heavy atom. The average Bonchev–Trinajstić information content (AvgIpc) is 2.72. The largest absolute Gasteiger partial charge is 0.453 e. The van der Waals surface area contributed by atoms with Crippen LogP contribution in [0.4, 0.5) is 0 Å². The van der Waals surface area contributed by atoms with Crippen molar-refractivity contribution in [1.29, 1.82) is 0 Å². The van der Waals surface area contributed by atoms with Gasteiger partial charge in [0.25, 0.3) is 5.56 Å². The molecule has 0 atom stereocenters. The molecule has 0 aromatic heterocycles. The monoisotopic (exact) mass is 237 g/mol. The molecule has 3 aliphatic rings. The molecular formula is C14H7NO3. The molecule has 0 amide bonds. The molecule has 0 N–H and O–H groups in total. The van der Waals surface area contributed by atoms with E-state index < -0.39 is 0 Å². The van der Waals surface area contributed by atoms with Crippen molar-refractivity contribution in [3.8, 4) is 23.0 Å². The van der Waals surface area contributed by atoms with Crippen LogP contribution in [-0.4, -0.2) is 4.98 Å². The predicted octanol–water partition coefficient (Wildman–Crippen LogP) is 2.99. The molecule has 0 bridgehead atoms. The van der Waals surface area contributed by atoms with Gasteiger partial charge in [-0.1, -0.05) is 18.2 Å². The maximum Gasteiger partial charge on any atom is 0.274 e. The van der Waals surface area contributed by atoms with Gasteiger partial charge in [-0.15, -0.1) is 0 Å². The van der Waals surface area contributed by atoms with E-state index in [1.54, 1.807) is 6.07 Å². The summed E-state index contributed by atoms with van der Waals surface area (Å²) < 4.78 is 11.3. The van der Waals surface area contributed by atoms with E-state index in [2.05, 4.69) is 4.98 Å². The minimum atomic E-state index is -0.298. The normalized spacial score (nSPS) is 11.6. The van der Waals surface area contributed by atoms with Crippen molar-refractivity contribution in [1.82, 2.24) is 4.98 Å². The van der Waals surface area contributed by atoms with Gasteiger partial charge in [-0.2, -0.15) is 0 Å². The van der Waals surface area contributed by atoms with Crippen LogP contribution in [-0.2, 0) is 0 Å². The van der Waals surface area contributed by atoms with Gasteiger partial charge in [-0.05, 0) is 12.1 Å². The van der Waals surface area contributed by atoms with Gasteiger partial charge in [-0.25, -0.2) is 4.98 Å². The van der Waals surface area contributed by atoms with Crippen molar-refractivity contribution in [3.05, 3.63) is 52.8 Å². The Morgan fingerprint density at radius 2 is 1.72 bits per heavy atom. The lowest BCUT2D eigenvalue weighted by molar-refractivity contribution is 0.528. The number of hydrogen-bond acceptors (Lipinski definition) is 4. The maximum atomic E-state index is 11.2. The highest BCUT2D eigenvalue weighted by molar-refractivity contribution is 5.82. The molecule has 0 spiro atoms. The van der Waals surface area contributed by atoms with Gasteiger partial charge in [0.1, 0.15) is 11.3 Å². The summed E-state index contributed by atoms with van der Waals surface area (Å²) in [6.45, 7) is 0. The van der Waals surface area contributed by atoms with E-state index in [0.29, 0.717) is 23.0 Å². The molecule has 0 unspecified atom stereocenters. The number of para-hydroxylation sites is 1. The quantitative estimate of drug-likeness (QED) is 0.441. The first-order valence-electron chi connectivity index (χ1n) is 5.53. The van der Waals surface area contributed by atoms with Gasteiger partial charge >= 0.3 is 0 Å². The third-order valence-electron chi connectivity index (χ3n) is 2.89. The van der Waals surface area contributed by atoms with E-state index in [1.807, 2.05) is 30.3 Å². The minimum Gasteiger partial charge on any atom is -0.453 e. The SMILES string of the molecule is O=c1cc2oc3cc4ccccc4oc-3cc-2n1. The molecule has 3 heterocycles. The summed E-state index contributed by atoms with van der Waals surface area (Å²) in [4.78, 5) is 15.0. The van der Waals surface area contributed by atoms with Gasteiger partial charge in [0.2, 0.25) is 0 Å². The molecule has 0 saturated carbocycles. The van der Waals surface area contributed by atoms with Crippen molar-refractivity contribution in [2.45, 2.75) is 0 Å². The number of benzene rings is 1. The van der Waals surface area contributed by atoms with Crippen LogP contribution < -0.4 is 5.56 Å². The number of fused-ring (bicyclic) bond motifs is 3. The molecule has 1 aromatic carbocycles. The first-order chi connectivity index (χ1) is 8.79. The van der Waals surface area contributed by atoms with E-state index in [1.165, 1.54) is 6.07 Å². The van der Waals surface area contributed by atoms with Gasteiger partial charge < -0.3 is 8.83 Å². The lowest BCUT2D eigenvalue weighted by Crippen LogP contribution is -1.93. The summed E-state index contributed by atoms with van der Waals surface area (Å²) in [5.74, 6) is 1.67. The minimum absolute atomic E-state index is 0.298. The third kappa shape index (κ3) is 1.26. The summed E-state index contributed by atoms with van der Waals surface area (Å²) >= 11 is 0. The second-order valence-electron chi connectivity index (χ2n) is 4.10. The Kier molecular flexibility index (Phi) is 1.67. The van der Waals surface area contributed by atoms with Crippen LogP contribution in [0.25, 0.3) is 33.9 Å². The van der Waals surface area contributed by atoms with Crippen LogP contribution in [0.5, 0.6) is 0 Å². The molecule has 4 rings (SSSR count). The van der Waals surface area contributed by atoms with Crippen molar-refractivity contribution >= 4 is 11.0 Å². The van der Waals surface area contributed by atoms with Gasteiger partial charge in [0.15, 0.2) is 17.3 Å². The zero-order valence-electron chi connectivity index (χ0n) is 9.21. The Labute approximate surface area is 101 Å². The number of hydrogen-bond donors (Lipinski definition) is 0. The van der Waals surface area contributed by atoms with E-state index >= 15 is 0 Å². The zero-order chi connectivity index (χ0) is 12.1. The van der Waals surface area contributed by atoms with Crippen molar-refractivity contribution in [2.75, 3.05) is 0 Å². The van der Waals surface area contributed by atoms with Crippen LogP contribution in [0.2, 0.25) is 0 Å². The second kappa shape index (κ2) is 3.20. The predicted molar refractivity (Wildman–Crippen MR) is 65.8 cm³/mol. The summed E-state index contributed by atoms with van der Waals surface area (Å²) in [5, 5.41) is 0.954. The van der Waals surface area contributed by atoms with Gasteiger partial charge in [-0.3, -0.25) is 4.79 Å². The Hall–Kier alpha value is -2.62. The summed E-state index contributed by atoms with van der Waals surface area (Å²) in [7, 11) is 0. The number of nitrogens with zero attached hydrogens (tertiary/aromatic N) is 1. The van der Waals surface area contributed by atoms with E-state index in [9.17, 15) is 4.79 Å². The lowest BCUT2D eigenvalue weighted by atomic mass is 10.1. The first-order valence-corrected chi connectivity index (χ1v) is 5.53. The lowest BCUT2D eigenvalue weighted by Gasteiger charge is -2.07. The van der Waals surface area contributed by atoms with Crippen LogP contribution in [0.1, 0.15) is 0 Å². The Balaban J connectivity index is 2.16. The molecule has 1 aromatic rings. The average molecular weight is 237 g/mol. The van der Waals surface area contributed by atoms with E-state index in [4.69, 9.17) is 8.83 Å². The van der Waals surface area contributed by atoms with E-state index in [0.717, 1.165) is 11.0 Å². The first kappa shape index (κ1) is 9.41. The topological polar surface area (TPSA) is 56.2 Å². The summed E-state index contributed by atoms with van der Waals surface area (Å²) in [6, 6.07) is 12.7. The molecule has 4 heteroatoms. The molecule has 0 saturated heterocycles. The Morgan fingerprint density at radius 1 is 0.889 bits per heavy atom. The van der Waals surface area contributed by atoms with Crippen molar-refractivity contribution in [2.24, 2.45) is 0 Å². The number of aromatic nitrogens is 1.